The van der Waals surface area contributed by atoms with Gasteiger partial charge in [-0.25, -0.2) is 0 Å². The van der Waals surface area contributed by atoms with Crippen molar-refractivity contribution in [2.45, 2.75) is 24.8 Å². The van der Waals surface area contributed by atoms with Crippen LogP contribution in [0.1, 0.15) is 12.0 Å². The molecule has 0 fully saturated rings. The largest absolute Gasteiger partial charge is 0.490 e. The summed E-state index contributed by atoms with van der Waals surface area (Å²) in [4.78, 5) is 18.1. The number of ether oxygens (including phenoxy) is 1. The molecule has 0 spiro atoms. The third-order valence-corrected chi connectivity index (χ3v) is 4.20. The van der Waals surface area contributed by atoms with E-state index in [0.717, 1.165) is 5.56 Å². The third kappa shape index (κ3) is 5.28. The van der Waals surface area contributed by atoms with Gasteiger partial charge in [0, 0.05) is 12.8 Å². The van der Waals surface area contributed by atoms with Crippen molar-refractivity contribution < 1.29 is 24.2 Å². The van der Waals surface area contributed by atoms with Crippen LogP contribution in [0.3, 0.4) is 0 Å². The summed E-state index contributed by atoms with van der Waals surface area (Å²) >= 11 is 0. The quantitative estimate of drug-likeness (QED) is 0.682. The van der Waals surface area contributed by atoms with E-state index in [-0.39, 0.29) is 6.42 Å². The summed E-state index contributed by atoms with van der Waals surface area (Å²) in [6, 6.07) is 18.5. The van der Waals surface area contributed by atoms with Gasteiger partial charge in [0.05, 0.1) is 0 Å². The van der Waals surface area contributed by atoms with Crippen LogP contribution in [0, 0.1) is 0 Å². The molecule has 0 heterocycles. The first-order valence-electron chi connectivity index (χ1n) is 6.94. The Kier molecular flexibility index (Phi) is 5.75. The van der Waals surface area contributed by atoms with Crippen molar-refractivity contribution in [3.05, 3.63) is 66.2 Å². The average molecular weight is 322 g/mol. The van der Waals surface area contributed by atoms with E-state index in [9.17, 15) is 9.67 Å². The zero-order chi connectivity index (χ0) is 16.0. The molecule has 2 rings (SSSR count). The van der Waals surface area contributed by atoms with Gasteiger partial charge in [-0.1, -0.05) is 48.5 Å². The molecule has 0 saturated heterocycles. The summed E-state index contributed by atoms with van der Waals surface area (Å²) in [6.07, 6.45) is -0.228. The molecule has 0 amide bonds. The predicted octanol–water partition coefficient (Wildman–Crippen LogP) is 2.56. The molecule has 118 valence electrons. The van der Waals surface area contributed by atoms with Gasteiger partial charge in [0.2, 0.25) is 0 Å². The summed E-state index contributed by atoms with van der Waals surface area (Å²) in [5.41, 5.74) is 0.973. The Hall–Kier alpha value is -1.65. The zero-order valence-electron chi connectivity index (χ0n) is 11.9. The Bertz CT molecular complexity index is 569. The normalized spacial score (nSPS) is 14.3. The van der Waals surface area contributed by atoms with Gasteiger partial charge in [0.1, 0.15) is 11.9 Å². The van der Waals surface area contributed by atoms with E-state index in [1.807, 2.05) is 48.5 Å². The Morgan fingerprint density at radius 2 is 1.50 bits per heavy atom. The average Bonchev–Trinajstić information content (AvgIpc) is 2.48. The molecule has 6 heteroatoms. The molecule has 22 heavy (non-hydrogen) atoms. The van der Waals surface area contributed by atoms with E-state index >= 15 is 0 Å². The summed E-state index contributed by atoms with van der Waals surface area (Å²) in [6.45, 7) is 0. The highest BCUT2D eigenvalue weighted by molar-refractivity contribution is 7.52. The van der Waals surface area contributed by atoms with Crippen LogP contribution in [-0.2, 0) is 11.0 Å². The molecule has 3 N–H and O–H groups in total. The lowest BCUT2D eigenvalue weighted by Gasteiger charge is -2.22. The lowest BCUT2D eigenvalue weighted by molar-refractivity contribution is 0.118. The lowest BCUT2D eigenvalue weighted by atomic mass is 10.1. The van der Waals surface area contributed by atoms with Crippen molar-refractivity contribution >= 4 is 7.60 Å². The second-order valence-corrected chi connectivity index (χ2v) is 6.82. The molecule has 1 unspecified atom stereocenters. The molecule has 5 nitrogen and oxygen atoms in total. The molecule has 0 saturated carbocycles. The smallest absolute Gasteiger partial charge is 0.353 e. The number of benzene rings is 2. The summed E-state index contributed by atoms with van der Waals surface area (Å²) in [7, 11) is -4.54. The predicted molar refractivity (Wildman–Crippen MR) is 83.7 cm³/mol. The Labute approximate surface area is 129 Å². The highest BCUT2D eigenvalue weighted by Gasteiger charge is 2.30. The van der Waals surface area contributed by atoms with E-state index in [0.29, 0.717) is 12.2 Å². The Morgan fingerprint density at radius 1 is 0.955 bits per heavy atom. The monoisotopic (exact) mass is 322 g/mol. The van der Waals surface area contributed by atoms with Crippen LogP contribution >= 0.6 is 7.60 Å². The fraction of sp³-hybridized carbons (Fsp3) is 0.250. The lowest BCUT2D eigenvalue weighted by Crippen LogP contribution is -2.26. The minimum absolute atomic E-state index is 0.145. The molecule has 0 aliphatic heterocycles. The SMILES string of the molecule is O=P(O)(O)[C@@H](O)CC(Cc1ccccc1)Oc1ccccc1. The molecule has 0 aliphatic carbocycles. The fourth-order valence-corrected chi connectivity index (χ4v) is 2.62. The van der Waals surface area contributed by atoms with Crippen molar-refractivity contribution in [3.8, 4) is 5.75 Å². The van der Waals surface area contributed by atoms with Gasteiger partial charge < -0.3 is 19.6 Å². The number of rotatable bonds is 7. The fourth-order valence-electron chi connectivity index (χ4n) is 2.11. The molecule has 0 radical (unpaired) electrons. The van der Waals surface area contributed by atoms with Gasteiger partial charge in [0.25, 0.3) is 0 Å². The minimum Gasteiger partial charge on any atom is -0.490 e. The topological polar surface area (TPSA) is 87.0 Å². The zero-order valence-corrected chi connectivity index (χ0v) is 12.8. The molecular weight excluding hydrogens is 303 g/mol. The van der Waals surface area contributed by atoms with Crippen LogP contribution in [0.25, 0.3) is 0 Å². The van der Waals surface area contributed by atoms with Gasteiger partial charge in [-0.3, -0.25) is 4.57 Å². The van der Waals surface area contributed by atoms with Crippen molar-refractivity contribution in [3.63, 3.8) is 0 Å². The molecule has 0 bridgehead atoms. The first-order chi connectivity index (χ1) is 10.4. The number of para-hydroxylation sites is 1. The molecular formula is C16H19O5P. The van der Waals surface area contributed by atoms with Crippen LogP contribution < -0.4 is 4.74 Å². The Morgan fingerprint density at radius 3 is 2.05 bits per heavy atom. The Balaban J connectivity index is 2.11. The first kappa shape index (κ1) is 16.7. The second kappa shape index (κ2) is 7.56. The van der Waals surface area contributed by atoms with E-state index in [1.54, 1.807) is 12.1 Å². The third-order valence-electron chi connectivity index (χ3n) is 3.21. The molecule has 2 aromatic carbocycles. The van der Waals surface area contributed by atoms with E-state index < -0.39 is 19.5 Å². The number of aliphatic hydroxyl groups excluding tert-OH is 1. The van der Waals surface area contributed by atoms with Crippen molar-refractivity contribution in [2.75, 3.05) is 0 Å². The summed E-state index contributed by atoms with van der Waals surface area (Å²) in [5.74, 6) is -1.13. The van der Waals surface area contributed by atoms with E-state index in [4.69, 9.17) is 14.5 Å². The maximum absolute atomic E-state index is 11.2. The van der Waals surface area contributed by atoms with Crippen LogP contribution in [0.15, 0.2) is 60.7 Å². The van der Waals surface area contributed by atoms with Gasteiger partial charge in [-0.15, -0.1) is 0 Å². The molecule has 0 aliphatic rings. The van der Waals surface area contributed by atoms with Gasteiger partial charge in [-0.2, -0.15) is 0 Å². The first-order valence-corrected chi connectivity index (χ1v) is 8.62. The standard InChI is InChI=1S/C16H19O5P/c17-16(22(18,19)20)12-15(11-13-7-3-1-4-8-13)21-14-9-5-2-6-10-14/h1-10,15-17H,11-12H2,(H2,18,19,20)/t15?,16-/m1/s1. The van der Waals surface area contributed by atoms with E-state index in [1.165, 1.54) is 0 Å². The van der Waals surface area contributed by atoms with Gasteiger partial charge in [0.15, 0.2) is 5.85 Å². The maximum atomic E-state index is 11.2. The maximum Gasteiger partial charge on any atom is 0.353 e. The molecule has 2 aromatic rings. The van der Waals surface area contributed by atoms with Crippen molar-refractivity contribution in [1.82, 2.24) is 0 Å². The minimum atomic E-state index is -4.54. The molecule has 2 atom stereocenters. The van der Waals surface area contributed by atoms with Crippen molar-refractivity contribution in [2.24, 2.45) is 0 Å². The highest BCUT2D eigenvalue weighted by atomic mass is 31.2. The van der Waals surface area contributed by atoms with Crippen molar-refractivity contribution in [1.29, 1.82) is 0 Å². The van der Waals surface area contributed by atoms with Crippen LogP contribution in [0.4, 0.5) is 0 Å². The summed E-state index contributed by atoms with van der Waals surface area (Å²) < 4.78 is 16.9. The van der Waals surface area contributed by atoms with Gasteiger partial charge >= 0.3 is 7.60 Å². The number of hydrogen-bond donors (Lipinski definition) is 3. The van der Waals surface area contributed by atoms with Gasteiger partial charge in [-0.05, 0) is 17.7 Å². The number of hydrogen-bond acceptors (Lipinski definition) is 3. The number of aliphatic hydroxyl groups is 1. The highest BCUT2D eigenvalue weighted by Crippen LogP contribution is 2.42. The second-order valence-electron chi connectivity index (χ2n) is 5.05. The van der Waals surface area contributed by atoms with Crippen LogP contribution in [-0.4, -0.2) is 26.8 Å². The van der Waals surface area contributed by atoms with E-state index in [2.05, 4.69) is 0 Å². The van der Waals surface area contributed by atoms with Crippen LogP contribution in [0.2, 0.25) is 0 Å². The van der Waals surface area contributed by atoms with Crippen LogP contribution in [0.5, 0.6) is 5.75 Å². The summed E-state index contributed by atoms with van der Waals surface area (Å²) in [5, 5.41) is 9.67. The molecule has 0 aromatic heterocycles.